The molecule has 1 aromatic rings. The molecule has 0 unspecified atom stereocenters. The van der Waals surface area contributed by atoms with Crippen molar-refractivity contribution in [2.75, 3.05) is 32.7 Å². The maximum absolute atomic E-state index is 11.3. The summed E-state index contributed by atoms with van der Waals surface area (Å²) in [4.78, 5) is 11.3. The van der Waals surface area contributed by atoms with Gasteiger partial charge < -0.3 is 19.5 Å². The van der Waals surface area contributed by atoms with Crippen molar-refractivity contribution in [2.24, 2.45) is 0 Å². The standard InChI is InChI=1S/C13H19NO4/c1-5-18-13(15)8-14-10-7-12(17-4)11(16-3)6-9(10)2/h6-7,14H,5,8H2,1-4H3. The first-order valence-electron chi connectivity index (χ1n) is 5.74. The number of esters is 1. The number of carbonyl (C=O) groups excluding carboxylic acids is 1. The molecular weight excluding hydrogens is 234 g/mol. The molecular formula is C13H19NO4. The van der Waals surface area contributed by atoms with Gasteiger partial charge in [0.1, 0.15) is 6.54 Å². The third-order valence-corrected chi connectivity index (χ3v) is 2.46. The van der Waals surface area contributed by atoms with Crippen LogP contribution in [0.1, 0.15) is 12.5 Å². The third kappa shape index (κ3) is 3.55. The Bertz CT molecular complexity index is 418. The van der Waals surface area contributed by atoms with Gasteiger partial charge in [-0.15, -0.1) is 0 Å². The molecule has 0 spiro atoms. The van der Waals surface area contributed by atoms with Crippen LogP contribution in [0.4, 0.5) is 5.69 Å². The molecule has 1 aromatic carbocycles. The van der Waals surface area contributed by atoms with Crippen molar-refractivity contribution in [1.29, 1.82) is 0 Å². The van der Waals surface area contributed by atoms with Gasteiger partial charge in [0.15, 0.2) is 11.5 Å². The van der Waals surface area contributed by atoms with E-state index in [1.54, 1.807) is 27.2 Å². The highest BCUT2D eigenvalue weighted by atomic mass is 16.5. The Hall–Kier alpha value is -1.91. The zero-order valence-electron chi connectivity index (χ0n) is 11.2. The van der Waals surface area contributed by atoms with Crippen LogP contribution in [0, 0.1) is 6.92 Å². The lowest BCUT2D eigenvalue weighted by Gasteiger charge is -2.13. The number of hydrogen-bond donors (Lipinski definition) is 1. The van der Waals surface area contributed by atoms with Crippen LogP contribution in [0.2, 0.25) is 0 Å². The molecule has 0 atom stereocenters. The van der Waals surface area contributed by atoms with Gasteiger partial charge in [-0.2, -0.15) is 0 Å². The maximum atomic E-state index is 11.3. The second-order valence-electron chi connectivity index (χ2n) is 3.68. The molecule has 0 saturated heterocycles. The Kier molecular flexibility index (Phi) is 5.30. The molecule has 18 heavy (non-hydrogen) atoms. The van der Waals surface area contributed by atoms with Crippen LogP contribution in [0.5, 0.6) is 11.5 Å². The molecule has 1 N–H and O–H groups in total. The lowest BCUT2D eigenvalue weighted by atomic mass is 10.1. The van der Waals surface area contributed by atoms with Crippen LogP contribution in [-0.4, -0.2) is 33.3 Å². The summed E-state index contributed by atoms with van der Waals surface area (Å²) in [7, 11) is 3.16. The third-order valence-electron chi connectivity index (χ3n) is 2.46. The van der Waals surface area contributed by atoms with E-state index in [1.165, 1.54) is 0 Å². The summed E-state index contributed by atoms with van der Waals surface area (Å²) in [5, 5.41) is 3.01. The average molecular weight is 253 g/mol. The number of methoxy groups -OCH3 is 2. The van der Waals surface area contributed by atoms with E-state index in [0.29, 0.717) is 18.1 Å². The smallest absolute Gasteiger partial charge is 0.325 e. The van der Waals surface area contributed by atoms with E-state index in [9.17, 15) is 4.79 Å². The molecule has 1 rings (SSSR count). The minimum absolute atomic E-state index is 0.129. The average Bonchev–Trinajstić information content (AvgIpc) is 2.37. The molecule has 0 aliphatic heterocycles. The van der Waals surface area contributed by atoms with Gasteiger partial charge in [0.05, 0.1) is 20.8 Å². The molecule has 5 nitrogen and oxygen atoms in total. The van der Waals surface area contributed by atoms with Gasteiger partial charge in [0, 0.05) is 11.8 Å². The summed E-state index contributed by atoms with van der Waals surface area (Å²) in [6.07, 6.45) is 0. The Morgan fingerprint density at radius 3 is 2.39 bits per heavy atom. The van der Waals surface area contributed by atoms with E-state index in [4.69, 9.17) is 14.2 Å². The zero-order valence-corrected chi connectivity index (χ0v) is 11.2. The zero-order chi connectivity index (χ0) is 13.5. The summed E-state index contributed by atoms with van der Waals surface area (Å²) in [5.41, 5.74) is 1.79. The van der Waals surface area contributed by atoms with E-state index >= 15 is 0 Å². The molecule has 0 aromatic heterocycles. The number of carbonyl (C=O) groups is 1. The van der Waals surface area contributed by atoms with Crippen LogP contribution < -0.4 is 14.8 Å². The molecule has 0 aliphatic rings. The molecule has 0 amide bonds. The van der Waals surface area contributed by atoms with Crippen LogP contribution in [-0.2, 0) is 9.53 Å². The fourth-order valence-electron chi connectivity index (χ4n) is 1.55. The van der Waals surface area contributed by atoms with Gasteiger partial charge in [0.2, 0.25) is 0 Å². The molecule has 0 fully saturated rings. The predicted molar refractivity (Wildman–Crippen MR) is 69.4 cm³/mol. The number of anilines is 1. The number of hydrogen-bond acceptors (Lipinski definition) is 5. The van der Waals surface area contributed by atoms with Gasteiger partial charge >= 0.3 is 5.97 Å². The second kappa shape index (κ2) is 6.74. The highest BCUT2D eigenvalue weighted by Gasteiger charge is 2.09. The topological polar surface area (TPSA) is 56.8 Å². The number of benzene rings is 1. The molecule has 0 saturated carbocycles. The summed E-state index contributed by atoms with van der Waals surface area (Å²) in [5.74, 6) is 0.998. The van der Waals surface area contributed by atoms with Crippen LogP contribution in [0.3, 0.4) is 0 Å². The number of ether oxygens (including phenoxy) is 3. The van der Waals surface area contributed by atoms with E-state index in [1.807, 2.05) is 13.0 Å². The Balaban J connectivity index is 2.79. The van der Waals surface area contributed by atoms with Gasteiger partial charge in [-0.05, 0) is 25.5 Å². The summed E-state index contributed by atoms with van der Waals surface area (Å²) >= 11 is 0. The highest BCUT2D eigenvalue weighted by molar-refractivity contribution is 5.76. The van der Waals surface area contributed by atoms with Crippen molar-refractivity contribution in [1.82, 2.24) is 0 Å². The first-order chi connectivity index (χ1) is 8.62. The molecule has 5 heteroatoms. The van der Waals surface area contributed by atoms with Crippen LogP contribution in [0.15, 0.2) is 12.1 Å². The van der Waals surface area contributed by atoms with Crippen molar-refractivity contribution >= 4 is 11.7 Å². The molecule has 0 radical (unpaired) electrons. The van der Waals surface area contributed by atoms with Crippen LogP contribution >= 0.6 is 0 Å². The van der Waals surface area contributed by atoms with E-state index in [2.05, 4.69) is 5.32 Å². The number of rotatable bonds is 6. The summed E-state index contributed by atoms with van der Waals surface area (Å²) in [6, 6.07) is 3.65. The summed E-state index contributed by atoms with van der Waals surface area (Å²) < 4.78 is 15.2. The second-order valence-corrected chi connectivity index (χ2v) is 3.68. The van der Waals surface area contributed by atoms with Crippen molar-refractivity contribution in [2.45, 2.75) is 13.8 Å². The Morgan fingerprint density at radius 2 is 1.83 bits per heavy atom. The predicted octanol–water partition coefficient (Wildman–Crippen LogP) is 1.99. The molecule has 0 bridgehead atoms. The van der Waals surface area contributed by atoms with Crippen molar-refractivity contribution in [3.8, 4) is 11.5 Å². The number of nitrogens with one attached hydrogen (secondary N) is 1. The number of aryl methyl sites for hydroxylation is 1. The van der Waals surface area contributed by atoms with Gasteiger partial charge in [-0.25, -0.2) is 0 Å². The normalized spacial score (nSPS) is 9.78. The fourth-order valence-corrected chi connectivity index (χ4v) is 1.55. The largest absolute Gasteiger partial charge is 0.493 e. The lowest BCUT2D eigenvalue weighted by molar-refractivity contribution is -0.140. The SMILES string of the molecule is CCOC(=O)CNc1cc(OC)c(OC)cc1C. The van der Waals surface area contributed by atoms with E-state index in [0.717, 1.165) is 11.3 Å². The quantitative estimate of drug-likeness (QED) is 0.786. The van der Waals surface area contributed by atoms with E-state index < -0.39 is 0 Å². The lowest BCUT2D eigenvalue weighted by Crippen LogP contribution is -2.17. The van der Waals surface area contributed by atoms with Gasteiger partial charge in [-0.1, -0.05) is 0 Å². The molecule has 100 valence electrons. The first-order valence-corrected chi connectivity index (χ1v) is 5.74. The first kappa shape index (κ1) is 14.2. The monoisotopic (exact) mass is 253 g/mol. The Labute approximate surface area is 107 Å². The van der Waals surface area contributed by atoms with Gasteiger partial charge in [-0.3, -0.25) is 4.79 Å². The van der Waals surface area contributed by atoms with Crippen molar-refractivity contribution < 1.29 is 19.0 Å². The molecule has 0 aliphatic carbocycles. The van der Waals surface area contributed by atoms with Crippen molar-refractivity contribution in [3.05, 3.63) is 17.7 Å². The minimum atomic E-state index is -0.285. The minimum Gasteiger partial charge on any atom is -0.493 e. The van der Waals surface area contributed by atoms with Crippen molar-refractivity contribution in [3.63, 3.8) is 0 Å². The molecule has 0 heterocycles. The Morgan fingerprint density at radius 1 is 1.22 bits per heavy atom. The highest BCUT2D eigenvalue weighted by Crippen LogP contribution is 2.32. The summed E-state index contributed by atoms with van der Waals surface area (Å²) in [6.45, 7) is 4.21. The fraction of sp³-hybridized carbons (Fsp3) is 0.462. The maximum Gasteiger partial charge on any atom is 0.325 e. The van der Waals surface area contributed by atoms with E-state index in [-0.39, 0.29) is 12.5 Å². The van der Waals surface area contributed by atoms with Crippen LogP contribution in [0.25, 0.3) is 0 Å². The van der Waals surface area contributed by atoms with Gasteiger partial charge in [0.25, 0.3) is 0 Å².